The number of aliphatic hydroxyl groups excluding tert-OH is 1. The van der Waals surface area contributed by atoms with E-state index in [1.807, 2.05) is 5.38 Å². The minimum atomic E-state index is -0.501. The van der Waals surface area contributed by atoms with E-state index in [0.717, 1.165) is 5.69 Å². The van der Waals surface area contributed by atoms with Crippen LogP contribution in [0.4, 0.5) is 0 Å². The number of thiazole rings is 1. The van der Waals surface area contributed by atoms with Crippen molar-refractivity contribution >= 4 is 17.2 Å². The van der Waals surface area contributed by atoms with Crippen molar-refractivity contribution in [1.29, 1.82) is 0 Å². The first-order valence-electron chi connectivity index (χ1n) is 4.00. The second-order valence-electron chi connectivity index (χ2n) is 2.81. The standard InChI is InChI=1S/C8H12N2O2S/c1-6(11)3-9-8(12)2-7-4-13-5-10-7/h4-6,11H,2-3H2,1H3,(H,9,12). The number of carbonyl (C=O) groups excluding carboxylic acids is 1. The minimum Gasteiger partial charge on any atom is -0.392 e. The van der Waals surface area contributed by atoms with Gasteiger partial charge in [0, 0.05) is 11.9 Å². The van der Waals surface area contributed by atoms with E-state index in [-0.39, 0.29) is 12.3 Å². The molecule has 13 heavy (non-hydrogen) atoms. The van der Waals surface area contributed by atoms with Gasteiger partial charge in [-0.1, -0.05) is 0 Å². The molecule has 2 N–H and O–H groups in total. The summed E-state index contributed by atoms with van der Waals surface area (Å²) in [5.41, 5.74) is 2.46. The van der Waals surface area contributed by atoms with Crippen LogP contribution in [0.3, 0.4) is 0 Å². The van der Waals surface area contributed by atoms with Gasteiger partial charge in [0.05, 0.1) is 23.7 Å². The van der Waals surface area contributed by atoms with Crippen molar-refractivity contribution < 1.29 is 9.90 Å². The summed E-state index contributed by atoms with van der Waals surface area (Å²) >= 11 is 1.47. The predicted octanol–water partition coefficient (Wildman–Crippen LogP) is 0.183. The molecule has 1 rings (SSSR count). The van der Waals surface area contributed by atoms with E-state index in [9.17, 15) is 4.79 Å². The van der Waals surface area contributed by atoms with Crippen molar-refractivity contribution in [1.82, 2.24) is 10.3 Å². The van der Waals surface area contributed by atoms with Gasteiger partial charge in [0.2, 0.25) is 5.91 Å². The molecule has 0 aromatic carbocycles. The molecule has 0 aliphatic heterocycles. The Morgan fingerprint density at radius 2 is 2.62 bits per heavy atom. The summed E-state index contributed by atoms with van der Waals surface area (Å²) in [6.45, 7) is 1.92. The van der Waals surface area contributed by atoms with Gasteiger partial charge in [0.15, 0.2) is 0 Å². The average Bonchev–Trinajstić information content (AvgIpc) is 2.53. The number of hydrogen-bond acceptors (Lipinski definition) is 4. The number of aliphatic hydroxyl groups is 1. The number of amides is 1. The zero-order valence-electron chi connectivity index (χ0n) is 7.36. The fourth-order valence-electron chi connectivity index (χ4n) is 0.813. The van der Waals surface area contributed by atoms with E-state index >= 15 is 0 Å². The Labute approximate surface area is 80.6 Å². The molecule has 1 unspecified atom stereocenters. The number of nitrogens with one attached hydrogen (secondary N) is 1. The lowest BCUT2D eigenvalue weighted by Gasteiger charge is -2.05. The van der Waals surface area contributed by atoms with Crippen LogP contribution in [0.1, 0.15) is 12.6 Å². The molecule has 5 heteroatoms. The molecule has 0 saturated heterocycles. The van der Waals surface area contributed by atoms with E-state index in [0.29, 0.717) is 6.54 Å². The van der Waals surface area contributed by atoms with Crippen LogP contribution >= 0.6 is 11.3 Å². The summed E-state index contributed by atoms with van der Waals surface area (Å²) in [4.78, 5) is 15.1. The lowest BCUT2D eigenvalue weighted by atomic mass is 10.3. The Morgan fingerprint density at radius 1 is 1.85 bits per heavy atom. The van der Waals surface area contributed by atoms with Crippen LogP contribution in [0.5, 0.6) is 0 Å². The van der Waals surface area contributed by atoms with Gasteiger partial charge < -0.3 is 10.4 Å². The third-order valence-corrected chi connectivity index (χ3v) is 2.06. The lowest BCUT2D eigenvalue weighted by molar-refractivity contribution is -0.120. The molecule has 72 valence electrons. The Balaban J connectivity index is 2.26. The first-order valence-corrected chi connectivity index (χ1v) is 4.94. The van der Waals surface area contributed by atoms with Crippen LogP contribution < -0.4 is 5.32 Å². The van der Waals surface area contributed by atoms with Gasteiger partial charge in [0.1, 0.15) is 0 Å². The summed E-state index contributed by atoms with van der Waals surface area (Å²) in [7, 11) is 0. The zero-order valence-corrected chi connectivity index (χ0v) is 8.17. The number of aromatic nitrogens is 1. The van der Waals surface area contributed by atoms with Gasteiger partial charge in [-0.3, -0.25) is 4.79 Å². The molecule has 1 heterocycles. The van der Waals surface area contributed by atoms with Gasteiger partial charge in [-0.25, -0.2) is 4.98 Å². The molecule has 1 aromatic rings. The molecular formula is C8H12N2O2S. The first kappa shape index (κ1) is 10.1. The second kappa shape index (κ2) is 4.94. The SMILES string of the molecule is CC(O)CNC(=O)Cc1cscn1. The first-order chi connectivity index (χ1) is 6.18. The number of nitrogens with zero attached hydrogens (tertiary/aromatic N) is 1. The Bertz CT molecular complexity index is 259. The fraction of sp³-hybridized carbons (Fsp3) is 0.500. The third kappa shape index (κ3) is 4.00. The molecule has 0 aliphatic rings. The Kier molecular flexibility index (Phi) is 3.85. The highest BCUT2D eigenvalue weighted by Gasteiger charge is 2.05. The molecule has 0 bridgehead atoms. The van der Waals surface area contributed by atoms with Crippen molar-refractivity contribution in [3.63, 3.8) is 0 Å². The smallest absolute Gasteiger partial charge is 0.226 e. The highest BCUT2D eigenvalue weighted by atomic mass is 32.1. The van der Waals surface area contributed by atoms with E-state index in [1.165, 1.54) is 11.3 Å². The fourth-order valence-corrected chi connectivity index (χ4v) is 1.37. The zero-order chi connectivity index (χ0) is 9.68. The monoisotopic (exact) mass is 200 g/mol. The van der Waals surface area contributed by atoms with Crippen molar-refractivity contribution in [3.8, 4) is 0 Å². The molecule has 0 fully saturated rings. The topological polar surface area (TPSA) is 62.2 Å². The molecule has 0 aliphatic carbocycles. The van der Waals surface area contributed by atoms with Gasteiger partial charge in [-0.2, -0.15) is 0 Å². The van der Waals surface area contributed by atoms with Crippen LogP contribution in [-0.2, 0) is 11.2 Å². The lowest BCUT2D eigenvalue weighted by Crippen LogP contribution is -2.31. The highest BCUT2D eigenvalue weighted by molar-refractivity contribution is 7.07. The van der Waals surface area contributed by atoms with E-state index in [1.54, 1.807) is 12.4 Å². The van der Waals surface area contributed by atoms with Crippen LogP contribution in [0.2, 0.25) is 0 Å². The number of rotatable bonds is 4. The molecular weight excluding hydrogens is 188 g/mol. The van der Waals surface area contributed by atoms with Gasteiger partial charge in [-0.15, -0.1) is 11.3 Å². The van der Waals surface area contributed by atoms with Gasteiger partial charge in [-0.05, 0) is 6.92 Å². The summed E-state index contributed by atoms with van der Waals surface area (Å²) in [5, 5.41) is 13.3. The summed E-state index contributed by atoms with van der Waals surface area (Å²) in [6, 6.07) is 0. The van der Waals surface area contributed by atoms with Crippen LogP contribution in [0, 0.1) is 0 Å². The molecule has 4 nitrogen and oxygen atoms in total. The van der Waals surface area contributed by atoms with Gasteiger partial charge >= 0.3 is 0 Å². The third-order valence-electron chi connectivity index (χ3n) is 1.42. The number of hydrogen-bond donors (Lipinski definition) is 2. The maximum absolute atomic E-state index is 11.2. The Morgan fingerprint density at radius 3 is 3.15 bits per heavy atom. The summed E-state index contributed by atoms with van der Waals surface area (Å²) in [5.74, 6) is -0.105. The predicted molar refractivity (Wildman–Crippen MR) is 50.5 cm³/mol. The molecule has 1 atom stereocenters. The summed E-state index contributed by atoms with van der Waals surface area (Å²) < 4.78 is 0. The van der Waals surface area contributed by atoms with Crippen molar-refractivity contribution in [2.45, 2.75) is 19.4 Å². The maximum atomic E-state index is 11.2. The van der Waals surface area contributed by atoms with Crippen molar-refractivity contribution in [2.24, 2.45) is 0 Å². The van der Waals surface area contributed by atoms with Crippen molar-refractivity contribution in [2.75, 3.05) is 6.54 Å². The highest BCUT2D eigenvalue weighted by Crippen LogP contribution is 2.01. The van der Waals surface area contributed by atoms with E-state index < -0.39 is 6.10 Å². The average molecular weight is 200 g/mol. The molecule has 0 spiro atoms. The second-order valence-corrected chi connectivity index (χ2v) is 3.53. The van der Waals surface area contributed by atoms with Crippen molar-refractivity contribution in [3.05, 3.63) is 16.6 Å². The van der Waals surface area contributed by atoms with E-state index in [4.69, 9.17) is 5.11 Å². The van der Waals surface area contributed by atoms with Gasteiger partial charge in [0.25, 0.3) is 0 Å². The Hall–Kier alpha value is -0.940. The van der Waals surface area contributed by atoms with E-state index in [2.05, 4.69) is 10.3 Å². The molecule has 0 radical (unpaired) electrons. The maximum Gasteiger partial charge on any atom is 0.226 e. The minimum absolute atomic E-state index is 0.105. The van der Waals surface area contributed by atoms with Crippen LogP contribution in [-0.4, -0.2) is 28.6 Å². The number of carbonyl (C=O) groups is 1. The van der Waals surface area contributed by atoms with Crippen LogP contribution in [0.15, 0.2) is 10.9 Å². The molecule has 0 saturated carbocycles. The molecule has 1 aromatic heterocycles. The summed E-state index contributed by atoms with van der Waals surface area (Å²) in [6.07, 6.45) is -0.213. The molecule has 1 amide bonds. The quantitative estimate of drug-likeness (QED) is 0.729. The van der Waals surface area contributed by atoms with Crippen LogP contribution in [0.25, 0.3) is 0 Å². The largest absolute Gasteiger partial charge is 0.392 e. The normalized spacial score (nSPS) is 12.5.